The number of ether oxygens (including phenoxy) is 1. The molecule has 2 rings (SSSR count). The maximum Gasteiger partial charge on any atom is 0.419 e. The monoisotopic (exact) mass is 306 g/mol. The van der Waals surface area contributed by atoms with E-state index in [0.29, 0.717) is 25.8 Å². The van der Waals surface area contributed by atoms with Crippen molar-refractivity contribution < 1.29 is 27.1 Å². The van der Waals surface area contributed by atoms with Crippen LogP contribution in [0.25, 0.3) is 0 Å². The van der Waals surface area contributed by atoms with Crippen LogP contribution < -0.4 is 10.6 Å². The molecule has 1 fully saturated rings. The van der Waals surface area contributed by atoms with Crippen molar-refractivity contribution in [1.29, 1.82) is 0 Å². The third-order valence-corrected chi connectivity index (χ3v) is 3.06. The highest BCUT2D eigenvalue weighted by atomic mass is 19.4. The smallest absolute Gasteiger partial charge is 0.378 e. The number of morpholine rings is 1. The van der Waals surface area contributed by atoms with Gasteiger partial charge < -0.3 is 15.4 Å². The minimum absolute atomic E-state index is 0.142. The molecule has 4 nitrogen and oxygen atoms in total. The number of hydrogen-bond acceptors (Lipinski definition) is 3. The molecule has 0 bridgehead atoms. The number of rotatable bonds is 3. The van der Waals surface area contributed by atoms with Gasteiger partial charge >= 0.3 is 6.18 Å². The summed E-state index contributed by atoms with van der Waals surface area (Å²) >= 11 is 0. The Hall–Kier alpha value is -1.67. The van der Waals surface area contributed by atoms with E-state index in [9.17, 15) is 22.4 Å². The van der Waals surface area contributed by atoms with Gasteiger partial charge in [0, 0.05) is 19.1 Å². The van der Waals surface area contributed by atoms with Crippen molar-refractivity contribution in [2.45, 2.75) is 12.2 Å². The van der Waals surface area contributed by atoms with Gasteiger partial charge in [0.25, 0.3) is 5.91 Å². The standard InChI is InChI=1S/C13H14F4N2O2/c14-11-9(2-1-3-10(11)13(15,16)17)12(20)19-6-8-7-21-5-4-18-8/h1-3,8,18H,4-7H2,(H,19,20). The molecule has 1 amide bonds. The minimum Gasteiger partial charge on any atom is -0.378 e. The van der Waals surface area contributed by atoms with Gasteiger partial charge in [0.15, 0.2) is 0 Å². The highest BCUT2D eigenvalue weighted by molar-refractivity contribution is 5.94. The Balaban J connectivity index is 2.05. The molecule has 0 spiro atoms. The van der Waals surface area contributed by atoms with Crippen molar-refractivity contribution in [3.8, 4) is 0 Å². The third kappa shape index (κ3) is 3.92. The Morgan fingerprint density at radius 1 is 1.43 bits per heavy atom. The van der Waals surface area contributed by atoms with E-state index in [1.165, 1.54) is 0 Å². The van der Waals surface area contributed by atoms with Crippen molar-refractivity contribution in [2.24, 2.45) is 0 Å². The average Bonchev–Trinajstić information content (AvgIpc) is 2.45. The second-order valence-electron chi connectivity index (χ2n) is 4.60. The van der Waals surface area contributed by atoms with Crippen LogP contribution in [0.4, 0.5) is 17.6 Å². The predicted octanol–water partition coefficient (Wildman–Crippen LogP) is 1.56. The molecule has 1 atom stereocenters. The van der Waals surface area contributed by atoms with E-state index in [0.717, 1.165) is 12.1 Å². The largest absolute Gasteiger partial charge is 0.419 e. The molecule has 1 aliphatic rings. The highest BCUT2D eigenvalue weighted by Gasteiger charge is 2.35. The van der Waals surface area contributed by atoms with Crippen LogP contribution in [0.5, 0.6) is 0 Å². The van der Waals surface area contributed by atoms with E-state index >= 15 is 0 Å². The van der Waals surface area contributed by atoms with Gasteiger partial charge in [-0.3, -0.25) is 4.79 Å². The molecule has 0 saturated carbocycles. The minimum atomic E-state index is -4.83. The van der Waals surface area contributed by atoms with Gasteiger partial charge in [0.05, 0.1) is 24.3 Å². The predicted molar refractivity (Wildman–Crippen MR) is 66.3 cm³/mol. The summed E-state index contributed by atoms with van der Waals surface area (Å²) in [6.45, 7) is 1.71. The number of carbonyl (C=O) groups is 1. The summed E-state index contributed by atoms with van der Waals surface area (Å²) in [6, 6.07) is 2.48. The van der Waals surface area contributed by atoms with Gasteiger partial charge in [-0.15, -0.1) is 0 Å². The molecule has 116 valence electrons. The van der Waals surface area contributed by atoms with Crippen LogP contribution in [0, 0.1) is 5.82 Å². The fraction of sp³-hybridized carbons (Fsp3) is 0.462. The molecule has 8 heteroatoms. The van der Waals surface area contributed by atoms with Gasteiger partial charge in [-0.2, -0.15) is 13.2 Å². The van der Waals surface area contributed by atoms with E-state index in [-0.39, 0.29) is 12.6 Å². The summed E-state index contributed by atoms with van der Waals surface area (Å²) in [5.41, 5.74) is -2.07. The van der Waals surface area contributed by atoms with Crippen molar-refractivity contribution >= 4 is 5.91 Å². The Labute approximate surface area is 118 Å². The van der Waals surface area contributed by atoms with Crippen LogP contribution in [-0.4, -0.2) is 38.3 Å². The topological polar surface area (TPSA) is 50.4 Å². The van der Waals surface area contributed by atoms with Crippen LogP contribution in [0.15, 0.2) is 18.2 Å². The Kier molecular flexibility index (Phi) is 4.79. The molecular weight excluding hydrogens is 292 g/mol. The van der Waals surface area contributed by atoms with Gasteiger partial charge in [-0.25, -0.2) is 4.39 Å². The summed E-state index contributed by atoms with van der Waals surface area (Å²) in [5, 5.41) is 5.46. The maximum atomic E-state index is 13.8. The fourth-order valence-electron chi connectivity index (χ4n) is 1.99. The number of benzene rings is 1. The van der Waals surface area contributed by atoms with Crippen LogP contribution in [0.2, 0.25) is 0 Å². The number of hydrogen-bond donors (Lipinski definition) is 2. The summed E-state index contributed by atoms with van der Waals surface area (Å²) in [6.07, 6.45) is -4.83. The molecule has 0 aromatic heterocycles. The number of halogens is 4. The lowest BCUT2D eigenvalue weighted by Gasteiger charge is -2.24. The Bertz CT molecular complexity index is 513. The van der Waals surface area contributed by atoms with Crippen LogP contribution in [-0.2, 0) is 10.9 Å². The molecule has 1 saturated heterocycles. The van der Waals surface area contributed by atoms with Crippen molar-refractivity contribution in [3.63, 3.8) is 0 Å². The molecular formula is C13H14F4N2O2. The third-order valence-electron chi connectivity index (χ3n) is 3.06. The number of nitrogens with one attached hydrogen (secondary N) is 2. The molecule has 1 aliphatic heterocycles. The van der Waals surface area contributed by atoms with Crippen LogP contribution in [0.3, 0.4) is 0 Å². The van der Waals surface area contributed by atoms with Crippen LogP contribution in [0.1, 0.15) is 15.9 Å². The van der Waals surface area contributed by atoms with E-state index in [2.05, 4.69) is 10.6 Å². The Morgan fingerprint density at radius 3 is 2.81 bits per heavy atom. The highest BCUT2D eigenvalue weighted by Crippen LogP contribution is 2.32. The summed E-state index contributed by atoms with van der Waals surface area (Å²) in [7, 11) is 0. The fourth-order valence-corrected chi connectivity index (χ4v) is 1.99. The van der Waals surface area contributed by atoms with E-state index in [1.54, 1.807) is 0 Å². The zero-order chi connectivity index (χ0) is 15.5. The van der Waals surface area contributed by atoms with Gasteiger partial charge in [0.2, 0.25) is 0 Å². The molecule has 0 radical (unpaired) electrons. The first kappa shape index (κ1) is 15.7. The van der Waals surface area contributed by atoms with Crippen molar-refractivity contribution in [1.82, 2.24) is 10.6 Å². The molecule has 2 N–H and O–H groups in total. The summed E-state index contributed by atoms with van der Waals surface area (Å²) < 4.78 is 56.6. The quantitative estimate of drug-likeness (QED) is 0.833. The SMILES string of the molecule is O=C(NCC1COCCN1)c1cccc(C(F)(F)F)c1F. The summed E-state index contributed by atoms with van der Waals surface area (Å²) in [5.74, 6) is -2.44. The first-order valence-corrected chi connectivity index (χ1v) is 6.34. The molecule has 1 aromatic rings. The van der Waals surface area contributed by atoms with Gasteiger partial charge in [0.1, 0.15) is 5.82 Å². The van der Waals surface area contributed by atoms with E-state index < -0.39 is 29.0 Å². The van der Waals surface area contributed by atoms with Crippen molar-refractivity contribution in [3.05, 3.63) is 35.1 Å². The number of alkyl halides is 3. The van der Waals surface area contributed by atoms with Crippen LogP contribution >= 0.6 is 0 Å². The number of carbonyl (C=O) groups excluding carboxylic acids is 1. The molecule has 1 heterocycles. The molecule has 1 aromatic carbocycles. The zero-order valence-electron chi connectivity index (χ0n) is 11.0. The Morgan fingerprint density at radius 2 is 2.19 bits per heavy atom. The van der Waals surface area contributed by atoms with Crippen molar-refractivity contribution in [2.75, 3.05) is 26.3 Å². The molecule has 1 unspecified atom stereocenters. The normalized spacial score (nSPS) is 19.3. The lowest BCUT2D eigenvalue weighted by atomic mass is 10.1. The first-order chi connectivity index (χ1) is 9.89. The second-order valence-corrected chi connectivity index (χ2v) is 4.60. The first-order valence-electron chi connectivity index (χ1n) is 6.34. The zero-order valence-corrected chi connectivity index (χ0v) is 11.0. The molecule has 21 heavy (non-hydrogen) atoms. The maximum absolute atomic E-state index is 13.8. The second kappa shape index (κ2) is 6.40. The lowest BCUT2D eigenvalue weighted by Crippen LogP contribution is -2.48. The molecule has 0 aliphatic carbocycles. The van der Waals surface area contributed by atoms with Gasteiger partial charge in [-0.05, 0) is 12.1 Å². The van der Waals surface area contributed by atoms with Gasteiger partial charge in [-0.1, -0.05) is 6.07 Å². The van der Waals surface area contributed by atoms with E-state index in [1.807, 2.05) is 0 Å². The summed E-state index contributed by atoms with van der Waals surface area (Å²) in [4.78, 5) is 11.8. The average molecular weight is 306 g/mol. The van der Waals surface area contributed by atoms with E-state index in [4.69, 9.17) is 4.74 Å². The lowest BCUT2D eigenvalue weighted by molar-refractivity contribution is -0.140. The number of amides is 1.